The summed E-state index contributed by atoms with van der Waals surface area (Å²) in [6.07, 6.45) is 2.45. The summed E-state index contributed by atoms with van der Waals surface area (Å²) in [6, 6.07) is 7.05. The van der Waals surface area contributed by atoms with Crippen molar-refractivity contribution in [3.8, 4) is 11.1 Å². The molecule has 0 aliphatic carbocycles. The second-order valence-electron chi connectivity index (χ2n) is 8.38. The van der Waals surface area contributed by atoms with Crippen molar-refractivity contribution in [2.45, 2.75) is 18.2 Å². The van der Waals surface area contributed by atoms with E-state index in [4.69, 9.17) is 11.6 Å². The Morgan fingerprint density at radius 1 is 1.14 bits per heavy atom. The maximum absolute atomic E-state index is 15.1. The second-order valence-corrected chi connectivity index (χ2v) is 11.0. The molecule has 0 radical (unpaired) electrons. The van der Waals surface area contributed by atoms with Gasteiger partial charge in [-0.2, -0.15) is 0 Å². The number of nitrogens with one attached hydrogen (secondary N) is 2. The molecular formula is C24H20ClF3N4O4S. The number of pyridine rings is 1. The fourth-order valence-electron chi connectivity index (χ4n) is 3.96. The zero-order valence-corrected chi connectivity index (χ0v) is 20.8. The molecule has 194 valence electrons. The molecule has 3 amide bonds. The largest absolute Gasteiger partial charge is 0.326 e. The molecule has 0 unspecified atom stereocenters. The Morgan fingerprint density at radius 2 is 1.89 bits per heavy atom. The number of urea groups is 1. The quantitative estimate of drug-likeness (QED) is 0.474. The smallest absolute Gasteiger partial charge is 0.319 e. The first-order valence-electron chi connectivity index (χ1n) is 10.9. The van der Waals surface area contributed by atoms with E-state index in [0.717, 1.165) is 17.2 Å². The lowest BCUT2D eigenvalue weighted by Gasteiger charge is -2.19. The van der Waals surface area contributed by atoms with Crippen LogP contribution in [0.15, 0.2) is 48.7 Å². The van der Waals surface area contributed by atoms with E-state index in [1.54, 1.807) is 0 Å². The van der Waals surface area contributed by atoms with Crippen molar-refractivity contribution in [2.75, 3.05) is 23.0 Å². The average molecular weight is 553 g/mol. The van der Waals surface area contributed by atoms with Crippen molar-refractivity contribution in [1.82, 2.24) is 10.3 Å². The topological polar surface area (TPSA) is 108 Å². The number of hydrogen-bond acceptors (Lipinski definition) is 5. The lowest BCUT2D eigenvalue weighted by atomic mass is 10.0. The van der Waals surface area contributed by atoms with E-state index < -0.39 is 51.0 Å². The Bertz CT molecular complexity index is 1500. The first-order valence-corrected chi connectivity index (χ1v) is 13.3. The number of aromatic nitrogens is 1. The molecule has 1 aromatic heterocycles. The molecule has 2 aromatic carbocycles. The summed E-state index contributed by atoms with van der Waals surface area (Å²) >= 11 is 5.68. The molecule has 1 fully saturated rings. The number of sulfone groups is 1. The van der Waals surface area contributed by atoms with E-state index in [1.165, 1.54) is 42.6 Å². The van der Waals surface area contributed by atoms with Gasteiger partial charge in [0.05, 0.1) is 22.8 Å². The number of carbonyl (C=O) groups excluding carboxylic acids is 2. The van der Waals surface area contributed by atoms with Crippen molar-refractivity contribution in [3.05, 3.63) is 76.8 Å². The van der Waals surface area contributed by atoms with E-state index in [-0.39, 0.29) is 46.2 Å². The molecule has 0 saturated carbocycles. The molecule has 1 atom stereocenters. The van der Waals surface area contributed by atoms with Gasteiger partial charge in [0.1, 0.15) is 11.9 Å². The van der Waals surface area contributed by atoms with Crippen molar-refractivity contribution in [1.29, 1.82) is 0 Å². The van der Waals surface area contributed by atoms with Crippen molar-refractivity contribution in [2.24, 2.45) is 0 Å². The summed E-state index contributed by atoms with van der Waals surface area (Å²) in [4.78, 5) is 30.1. The van der Waals surface area contributed by atoms with Crippen LogP contribution in [0.1, 0.15) is 12.1 Å². The minimum absolute atomic E-state index is 0.0129. The number of anilines is 2. The molecule has 0 bridgehead atoms. The highest BCUT2D eigenvalue weighted by Gasteiger charge is 2.36. The molecule has 13 heteroatoms. The van der Waals surface area contributed by atoms with Crippen LogP contribution in [-0.2, 0) is 20.4 Å². The van der Waals surface area contributed by atoms with Crippen LogP contribution in [0.5, 0.6) is 0 Å². The van der Waals surface area contributed by atoms with Crippen LogP contribution in [0.2, 0.25) is 5.02 Å². The van der Waals surface area contributed by atoms with Crippen molar-refractivity contribution < 1.29 is 31.2 Å². The molecule has 1 saturated heterocycles. The normalized spacial score (nSPS) is 15.6. The lowest BCUT2D eigenvalue weighted by molar-refractivity contribution is -0.118. The Labute approximate surface area is 215 Å². The summed E-state index contributed by atoms with van der Waals surface area (Å²) in [6.45, 7) is -0.0129. The van der Waals surface area contributed by atoms with E-state index >= 15 is 8.78 Å². The van der Waals surface area contributed by atoms with Gasteiger partial charge in [-0.15, -0.1) is 0 Å². The second kappa shape index (κ2) is 10.4. The highest BCUT2D eigenvalue weighted by molar-refractivity contribution is 7.89. The molecule has 2 N–H and O–H groups in total. The Morgan fingerprint density at radius 3 is 2.59 bits per heavy atom. The summed E-state index contributed by atoms with van der Waals surface area (Å²) in [7, 11) is -3.50. The molecule has 3 aromatic rings. The van der Waals surface area contributed by atoms with Gasteiger partial charge in [-0.25, -0.2) is 26.4 Å². The fraction of sp³-hybridized carbons (Fsp3) is 0.208. The molecule has 2 heterocycles. The van der Waals surface area contributed by atoms with Gasteiger partial charge in [0.15, 0.2) is 21.5 Å². The minimum atomic E-state index is -3.50. The standard InChI is InChI=1S/C24H20ClF3N4O4S/c1-37(35,36)12-19-14(3-2-9-29-19)15-5-7-20(22(28)21(15)27)32-10-8-18(23(32)33)31-24(34)30-17-6-4-13(25)11-16(17)26/h2-7,9,11,18H,8,10,12H2,1H3,(H2,30,31,34)/t18-/m1/s1. The Kier molecular flexibility index (Phi) is 7.42. The zero-order valence-electron chi connectivity index (χ0n) is 19.3. The van der Waals surface area contributed by atoms with Gasteiger partial charge in [-0.3, -0.25) is 9.78 Å². The van der Waals surface area contributed by atoms with Crippen LogP contribution >= 0.6 is 11.6 Å². The third-order valence-electron chi connectivity index (χ3n) is 5.62. The maximum Gasteiger partial charge on any atom is 0.319 e. The summed E-state index contributed by atoms with van der Waals surface area (Å²) in [5, 5.41) is 4.81. The molecule has 8 nitrogen and oxygen atoms in total. The highest BCUT2D eigenvalue weighted by atomic mass is 35.5. The lowest BCUT2D eigenvalue weighted by Crippen LogP contribution is -2.43. The third kappa shape index (κ3) is 5.86. The van der Waals surface area contributed by atoms with Crippen LogP contribution in [0.25, 0.3) is 11.1 Å². The van der Waals surface area contributed by atoms with Crippen LogP contribution in [-0.4, -0.2) is 44.2 Å². The number of hydrogen-bond donors (Lipinski definition) is 2. The molecule has 1 aliphatic rings. The summed E-state index contributed by atoms with van der Waals surface area (Å²) < 4.78 is 67.7. The van der Waals surface area contributed by atoms with E-state index in [0.29, 0.717) is 0 Å². The predicted molar refractivity (Wildman–Crippen MR) is 132 cm³/mol. The first-order chi connectivity index (χ1) is 17.4. The van der Waals surface area contributed by atoms with Crippen LogP contribution in [0, 0.1) is 17.5 Å². The van der Waals surface area contributed by atoms with Gasteiger partial charge in [0.2, 0.25) is 5.91 Å². The maximum atomic E-state index is 15.1. The number of amides is 3. The van der Waals surface area contributed by atoms with Gasteiger partial charge >= 0.3 is 6.03 Å². The van der Waals surface area contributed by atoms with Crippen LogP contribution in [0.4, 0.5) is 29.3 Å². The average Bonchev–Trinajstić information content (AvgIpc) is 3.17. The van der Waals surface area contributed by atoms with E-state index in [9.17, 15) is 22.4 Å². The van der Waals surface area contributed by atoms with Crippen molar-refractivity contribution in [3.63, 3.8) is 0 Å². The van der Waals surface area contributed by atoms with Gasteiger partial charge in [0.25, 0.3) is 0 Å². The van der Waals surface area contributed by atoms with Gasteiger partial charge in [0, 0.05) is 35.1 Å². The predicted octanol–water partition coefficient (Wildman–Crippen LogP) is 4.29. The first kappa shape index (κ1) is 26.4. The Balaban J connectivity index is 1.52. The third-order valence-corrected chi connectivity index (χ3v) is 6.66. The molecular weight excluding hydrogens is 533 g/mol. The number of nitrogens with zero attached hydrogens (tertiary/aromatic N) is 2. The van der Waals surface area contributed by atoms with E-state index in [2.05, 4.69) is 15.6 Å². The monoisotopic (exact) mass is 552 g/mol. The number of benzene rings is 2. The number of rotatable bonds is 6. The molecule has 4 rings (SSSR count). The van der Waals surface area contributed by atoms with Crippen LogP contribution in [0.3, 0.4) is 0 Å². The van der Waals surface area contributed by atoms with Crippen molar-refractivity contribution >= 4 is 44.8 Å². The number of halogens is 4. The van der Waals surface area contributed by atoms with E-state index in [1.807, 2.05) is 0 Å². The summed E-state index contributed by atoms with van der Waals surface area (Å²) in [5.41, 5.74) is -0.541. The summed E-state index contributed by atoms with van der Waals surface area (Å²) in [5.74, 6) is -4.51. The van der Waals surface area contributed by atoms with Gasteiger partial charge < -0.3 is 15.5 Å². The molecule has 0 spiro atoms. The zero-order chi connectivity index (χ0) is 26.9. The van der Waals surface area contributed by atoms with Gasteiger partial charge in [-0.1, -0.05) is 17.7 Å². The molecule has 37 heavy (non-hydrogen) atoms. The Hall–Kier alpha value is -3.64. The molecule has 1 aliphatic heterocycles. The van der Waals surface area contributed by atoms with Gasteiger partial charge in [-0.05, 0) is 42.8 Å². The van der Waals surface area contributed by atoms with Crippen LogP contribution < -0.4 is 15.5 Å². The fourth-order valence-corrected chi connectivity index (χ4v) is 4.85. The highest BCUT2D eigenvalue weighted by Crippen LogP contribution is 2.34. The minimum Gasteiger partial charge on any atom is -0.326 e. The number of carbonyl (C=O) groups is 2. The SMILES string of the molecule is CS(=O)(=O)Cc1ncccc1-c1ccc(N2CC[C@@H](NC(=O)Nc3ccc(Cl)cc3F)C2=O)c(F)c1F.